The fraction of sp³-hybridized carbons (Fsp3) is 0.261. The van der Waals surface area contributed by atoms with Crippen molar-refractivity contribution in [2.45, 2.75) is 26.2 Å². The van der Waals surface area contributed by atoms with E-state index < -0.39 is 0 Å². The quantitative estimate of drug-likeness (QED) is 0.739. The summed E-state index contributed by atoms with van der Waals surface area (Å²) in [4.78, 5) is 23.8. The molecule has 0 spiro atoms. The molecule has 2 aromatic carbocycles. The van der Waals surface area contributed by atoms with Gasteiger partial charge in [-0.1, -0.05) is 48.5 Å². The summed E-state index contributed by atoms with van der Waals surface area (Å²) < 4.78 is 0. The van der Waals surface area contributed by atoms with Gasteiger partial charge in [0, 0.05) is 24.8 Å². The average molecular weight is 372 g/mol. The summed E-state index contributed by atoms with van der Waals surface area (Å²) in [6, 6.07) is 20.3. The molecule has 1 N–H and O–H groups in total. The standard InChI is InChI=1S/C23H24N4O/c1-17-25-20(23(28)24-14-13-18-8-3-2-4-9-18)16-22(26-17)27-15-7-11-19-10-5-6-12-21(19)27/h2-6,8-10,12,16H,7,11,13-15H2,1H3,(H,24,28). The number of amides is 1. The number of anilines is 2. The zero-order valence-corrected chi connectivity index (χ0v) is 16.1. The first-order chi connectivity index (χ1) is 13.7. The number of aryl methyl sites for hydroxylation is 2. The molecule has 1 aliphatic rings. The van der Waals surface area contributed by atoms with Gasteiger partial charge in [-0.05, 0) is 43.4 Å². The van der Waals surface area contributed by atoms with Crippen molar-refractivity contribution in [3.63, 3.8) is 0 Å². The first-order valence-electron chi connectivity index (χ1n) is 9.74. The van der Waals surface area contributed by atoms with Gasteiger partial charge < -0.3 is 10.2 Å². The van der Waals surface area contributed by atoms with E-state index in [1.165, 1.54) is 16.8 Å². The van der Waals surface area contributed by atoms with Gasteiger partial charge >= 0.3 is 0 Å². The SMILES string of the molecule is Cc1nc(C(=O)NCCc2ccccc2)cc(N2CCCc3ccccc32)n1. The van der Waals surface area contributed by atoms with E-state index in [9.17, 15) is 4.79 Å². The van der Waals surface area contributed by atoms with Crippen LogP contribution in [0.5, 0.6) is 0 Å². The number of nitrogens with zero attached hydrogens (tertiary/aromatic N) is 3. The van der Waals surface area contributed by atoms with E-state index in [2.05, 4.69) is 50.5 Å². The summed E-state index contributed by atoms with van der Waals surface area (Å²) in [7, 11) is 0. The molecule has 1 aromatic heterocycles. The number of rotatable bonds is 5. The summed E-state index contributed by atoms with van der Waals surface area (Å²) in [5.74, 6) is 1.23. The molecule has 5 nitrogen and oxygen atoms in total. The van der Waals surface area contributed by atoms with Crippen LogP contribution in [0.2, 0.25) is 0 Å². The van der Waals surface area contributed by atoms with E-state index in [1.807, 2.05) is 31.2 Å². The number of carbonyl (C=O) groups excluding carboxylic acids is 1. The van der Waals surface area contributed by atoms with Gasteiger partial charge in [0.05, 0.1) is 0 Å². The van der Waals surface area contributed by atoms with Crippen molar-refractivity contribution < 1.29 is 4.79 Å². The number of para-hydroxylation sites is 1. The highest BCUT2D eigenvalue weighted by atomic mass is 16.1. The number of nitrogens with one attached hydrogen (secondary N) is 1. The first-order valence-corrected chi connectivity index (χ1v) is 9.74. The number of aromatic nitrogens is 2. The lowest BCUT2D eigenvalue weighted by Crippen LogP contribution is -2.29. The minimum atomic E-state index is -0.159. The molecule has 0 aliphatic carbocycles. The largest absolute Gasteiger partial charge is 0.350 e. The highest BCUT2D eigenvalue weighted by Gasteiger charge is 2.21. The zero-order chi connectivity index (χ0) is 19.3. The van der Waals surface area contributed by atoms with E-state index in [0.29, 0.717) is 18.1 Å². The number of hydrogen-bond donors (Lipinski definition) is 1. The third kappa shape index (κ3) is 4.03. The van der Waals surface area contributed by atoms with Crippen LogP contribution in [0.3, 0.4) is 0 Å². The van der Waals surface area contributed by atoms with Gasteiger partial charge in [-0.15, -0.1) is 0 Å². The van der Waals surface area contributed by atoms with E-state index in [-0.39, 0.29) is 5.91 Å². The Hall–Kier alpha value is -3.21. The Morgan fingerprint density at radius 1 is 1.07 bits per heavy atom. The van der Waals surface area contributed by atoms with Crippen molar-refractivity contribution in [2.24, 2.45) is 0 Å². The molecule has 142 valence electrons. The number of benzene rings is 2. The second-order valence-electron chi connectivity index (χ2n) is 7.03. The van der Waals surface area contributed by atoms with Crippen LogP contribution in [0.15, 0.2) is 60.7 Å². The van der Waals surface area contributed by atoms with Crippen LogP contribution in [-0.2, 0) is 12.8 Å². The van der Waals surface area contributed by atoms with Crippen LogP contribution in [0.1, 0.15) is 33.9 Å². The maximum absolute atomic E-state index is 12.6. The van der Waals surface area contributed by atoms with Gasteiger partial charge in [-0.25, -0.2) is 9.97 Å². The summed E-state index contributed by atoms with van der Waals surface area (Å²) in [6.45, 7) is 3.30. The smallest absolute Gasteiger partial charge is 0.270 e. The summed E-state index contributed by atoms with van der Waals surface area (Å²) >= 11 is 0. The molecule has 0 saturated heterocycles. The fourth-order valence-electron chi connectivity index (χ4n) is 3.63. The van der Waals surface area contributed by atoms with Gasteiger partial charge in [0.2, 0.25) is 0 Å². The van der Waals surface area contributed by atoms with Gasteiger partial charge in [0.1, 0.15) is 17.3 Å². The van der Waals surface area contributed by atoms with Crippen molar-refractivity contribution in [3.8, 4) is 0 Å². The Kier molecular flexibility index (Phi) is 5.33. The molecule has 0 bridgehead atoms. The van der Waals surface area contributed by atoms with Crippen molar-refractivity contribution in [2.75, 3.05) is 18.0 Å². The molecule has 28 heavy (non-hydrogen) atoms. The molecule has 2 heterocycles. The van der Waals surface area contributed by atoms with E-state index in [4.69, 9.17) is 0 Å². The third-order valence-electron chi connectivity index (χ3n) is 4.99. The van der Waals surface area contributed by atoms with E-state index >= 15 is 0 Å². The molecule has 5 heteroatoms. The Morgan fingerprint density at radius 3 is 2.71 bits per heavy atom. The van der Waals surface area contributed by atoms with Gasteiger partial charge in [-0.2, -0.15) is 0 Å². The fourth-order valence-corrected chi connectivity index (χ4v) is 3.63. The molecule has 0 fully saturated rings. The highest BCUT2D eigenvalue weighted by Crippen LogP contribution is 2.32. The zero-order valence-electron chi connectivity index (χ0n) is 16.1. The highest BCUT2D eigenvalue weighted by molar-refractivity contribution is 5.93. The van der Waals surface area contributed by atoms with Gasteiger partial charge in [0.25, 0.3) is 5.91 Å². The lowest BCUT2D eigenvalue weighted by molar-refractivity contribution is 0.0948. The van der Waals surface area contributed by atoms with Gasteiger partial charge in [-0.3, -0.25) is 4.79 Å². The molecule has 3 aromatic rings. The van der Waals surface area contributed by atoms with Crippen LogP contribution in [-0.4, -0.2) is 29.0 Å². The van der Waals surface area contributed by atoms with Crippen molar-refractivity contribution in [3.05, 3.63) is 83.3 Å². The van der Waals surface area contributed by atoms with Crippen molar-refractivity contribution in [1.82, 2.24) is 15.3 Å². The minimum absolute atomic E-state index is 0.159. The maximum atomic E-state index is 12.6. The maximum Gasteiger partial charge on any atom is 0.270 e. The molecule has 4 rings (SSSR count). The number of hydrogen-bond acceptors (Lipinski definition) is 4. The Balaban J connectivity index is 1.50. The molecule has 1 aliphatic heterocycles. The van der Waals surface area contributed by atoms with E-state index in [0.717, 1.165) is 31.6 Å². The van der Waals surface area contributed by atoms with Gasteiger partial charge in [0.15, 0.2) is 0 Å². The molecular weight excluding hydrogens is 348 g/mol. The Bertz CT molecular complexity index is 971. The molecular formula is C23H24N4O. The molecule has 0 unspecified atom stereocenters. The van der Waals surface area contributed by atoms with Crippen molar-refractivity contribution in [1.29, 1.82) is 0 Å². The lowest BCUT2D eigenvalue weighted by Gasteiger charge is -2.30. The predicted molar refractivity (Wildman–Crippen MR) is 111 cm³/mol. The van der Waals surface area contributed by atoms with Crippen LogP contribution >= 0.6 is 0 Å². The minimum Gasteiger partial charge on any atom is -0.350 e. The number of fused-ring (bicyclic) bond motifs is 1. The Labute approximate surface area is 165 Å². The molecule has 0 saturated carbocycles. The van der Waals surface area contributed by atoms with Crippen LogP contribution < -0.4 is 10.2 Å². The lowest BCUT2D eigenvalue weighted by atomic mass is 10.0. The van der Waals surface area contributed by atoms with Crippen LogP contribution in [0.25, 0.3) is 0 Å². The average Bonchev–Trinajstić information content (AvgIpc) is 2.73. The number of carbonyl (C=O) groups is 1. The summed E-state index contributed by atoms with van der Waals surface area (Å²) in [5.41, 5.74) is 4.10. The third-order valence-corrected chi connectivity index (χ3v) is 4.99. The van der Waals surface area contributed by atoms with Crippen molar-refractivity contribution >= 4 is 17.4 Å². The molecule has 0 atom stereocenters. The van der Waals surface area contributed by atoms with Crippen LogP contribution in [0.4, 0.5) is 11.5 Å². The predicted octanol–water partition coefficient (Wildman–Crippen LogP) is 3.84. The molecule has 0 radical (unpaired) electrons. The van der Waals surface area contributed by atoms with Crippen LogP contribution in [0, 0.1) is 6.92 Å². The normalized spacial score (nSPS) is 13.1. The summed E-state index contributed by atoms with van der Waals surface area (Å²) in [6.07, 6.45) is 2.94. The monoisotopic (exact) mass is 372 g/mol. The van der Waals surface area contributed by atoms with E-state index in [1.54, 1.807) is 6.07 Å². The topological polar surface area (TPSA) is 58.1 Å². The summed E-state index contributed by atoms with van der Waals surface area (Å²) in [5, 5.41) is 2.98. The second kappa shape index (κ2) is 8.21. The first kappa shape index (κ1) is 18.2. The molecule has 1 amide bonds. The Morgan fingerprint density at radius 2 is 1.86 bits per heavy atom. The second-order valence-corrected chi connectivity index (χ2v) is 7.03.